The van der Waals surface area contributed by atoms with Crippen LogP contribution < -0.4 is 14.4 Å². The smallest absolute Gasteiger partial charge is 0.243 e. The lowest BCUT2D eigenvalue weighted by Crippen LogP contribution is -2.48. The van der Waals surface area contributed by atoms with E-state index in [4.69, 9.17) is 16.3 Å². The Balaban J connectivity index is 1.97. The van der Waals surface area contributed by atoms with Crippen molar-refractivity contribution < 1.29 is 22.3 Å². The predicted molar refractivity (Wildman–Crippen MR) is 103 cm³/mol. The highest BCUT2D eigenvalue weighted by Gasteiger charge is 2.29. The fraction of sp³-hybridized carbons (Fsp3) is 0.278. The van der Waals surface area contributed by atoms with Crippen molar-refractivity contribution in [3.63, 3.8) is 0 Å². The Morgan fingerprint density at radius 2 is 1.93 bits per heavy atom. The van der Waals surface area contributed by atoms with E-state index in [1.165, 1.54) is 37.3 Å². The van der Waals surface area contributed by atoms with E-state index in [2.05, 4.69) is 5.32 Å². The summed E-state index contributed by atoms with van der Waals surface area (Å²) in [6, 6.07) is 10.8. The second-order valence-corrected chi connectivity index (χ2v) is 8.10. The van der Waals surface area contributed by atoms with Gasteiger partial charge in [-0.15, -0.1) is 0 Å². The number of hydrogen-bond donors (Lipinski definition) is 1. The number of benzene rings is 2. The molecule has 1 atom stereocenters. The molecule has 0 spiro atoms. The molecule has 1 N–H and O–H groups in total. The summed E-state index contributed by atoms with van der Waals surface area (Å²) < 4.78 is 43.6. The number of rotatable bonds is 8. The normalized spacial score (nSPS) is 12.3. The maximum absolute atomic E-state index is 12.8. The highest BCUT2D eigenvalue weighted by molar-refractivity contribution is 7.92. The number of amides is 1. The van der Waals surface area contributed by atoms with Gasteiger partial charge in [-0.3, -0.25) is 9.10 Å². The van der Waals surface area contributed by atoms with Gasteiger partial charge in [-0.05, 0) is 49.4 Å². The van der Waals surface area contributed by atoms with Gasteiger partial charge in [0.15, 0.2) is 0 Å². The molecule has 0 radical (unpaired) electrons. The highest BCUT2D eigenvalue weighted by atomic mass is 35.5. The zero-order valence-electron chi connectivity index (χ0n) is 14.9. The maximum atomic E-state index is 12.8. The number of carbonyl (C=O) groups excluding carboxylic acids is 1. The van der Waals surface area contributed by atoms with Gasteiger partial charge in [0.2, 0.25) is 15.9 Å². The van der Waals surface area contributed by atoms with Crippen LogP contribution in [0.4, 0.5) is 10.1 Å². The van der Waals surface area contributed by atoms with Gasteiger partial charge >= 0.3 is 0 Å². The van der Waals surface area contributed by atoms with Crippen LogP contribution >= 0.6 is 11.6 Å². The van der Waals surface area contributed by atoms with Crippen LogP contribution in [0, 0.1) is 5.82 Å². The molecular formula is C18H20ClFN2O4S. The second-order valence-electron chi connectivity index (χ2n) is 5.81. The molecule has 0 unspecified atom stereocenters. The van der Waals surface area contributed by atoms with Crippen LogP contribution in [0.25, 0.3) is 0 Å². The molecule has 2 aromatic rings. The summed E-state index contributed by atoms with van der Waals surface area (Å²) in [5.74, 6) is -0.384. The standard InChI is InChI=1S/C18H20ClFN2O4S/c1-13(22(27(2,24)25)16-5-3-4-14(19)12-16)18(23)21-10-11-26-17-8-6-15(20)7-9-17/h3-9,12-13H,10-11H2,1-2H3,(H,21,23)/t13-/m0/s1. The first kappa shape index (κ1) is 21.0. The fourth-order valence-corrected chi connectivity index (χ4v) is 3.79. The Hall–Kier alpha value is -2.32. The third kappa shape index (κ3) is 6.11. The van der Waals surface area contributed by atoms with Gasteiger partial charge in [0.25, 0.3) is 0 Å². The Morgan fingerprint density at radius 1 is 1.26 bits per heavy atom. The van der Waals surface area contributed by atoms with Crippen molar-refractivity contribution in [3.05, 3.63) is 59.4 Å². The number of nitrogens with one attached hydrogen (secondary N) is 1. The molecule has 0 aliphatic heterocycles. The second kappa shape index (κ2) is 9.05. The molecule has 6 nitrogen and oxygen atoms in total. The van der Waals surface area contributed by atoms with E-state index in [1.807, 2.05) is 0 Å². The molecule has 146 valence electrons. The zero-order chi connectivity index (χ0) is 20.0. The fourth-order valence-electron chi connectivity index (χ4n) is 2.44. The molecule has 0 aliphatic carbocycles. The molecule has 0 heterocycles. The van der Waals surface area contributed by atoms with Crippen LogP contribution in [0.3, 0.4) is 0 Å². The minimum absolute atomic E-state index is 0.153. The van der Waals surface area contributed by atoms with Gasteiger partial charge in [0, 0.05) is 5.02 Å². The van der Waals surface area contributed by atoms with Crippen molar-refractivity contribution in [3.8, 4) is 5.75 Å². The third-order valence-corrected chi connectivity index (χ3v) is 5.11. The van der Waals surface area contributed by atoms with Crippen LogP contribution in [-0.4, -0.2) is 39.8 Å². The summed E-state index contributed by atoms with van der Waals surface area (Å²) in [4.78, 5) is 12.4. The summed E-state index contributed by atoms with van der Waals surface area (Å²) in [7, 11) is -3.71. The van der Waals surface area contributed by atoms with E-state index in [0.29, 0.717) is 16.5 Å². The Kier molecular flexibility index (Phi) is 7.04. The summed E-state index contributed by atoms with van der Waals surface area (Å²) in [5, 5.41) is 2.99. The van der Waals surface area contributed by atoms with Crippen molar-refractivity contribution >= 4 is 33.2 Å². The number of halogens is 2. The van der Waals surface area contributed by atoms with Crippen LogP contribution in [-0.2, 0) is 14.8 Å². The molecule has 2 rings (SSSR count). The number of nitrogens with zero attached hydrogens (tertiary/aromatic N) is 1. The van der Waals surface area contributed by atoms with E-state index in [9.17, 15) is 17.6 Å². The van der Waals surface area contributed by atoms with Gasteiger partial charge in [0.1, 0.15) is 24.2 Å². The molecule has 2 aromatic carbocycles. The number of anilines is 1. The molecule has 1 amide bonds. The largest absolute Gasteiger partial charge is 0.492 e. The maximum Gasteiger partial charge on any atom is 0.243 e. The molecular weight excluding hydrogens is 395 g/mol. The van der Waals surface area contributed by atoms with Gasteiger partial charge in [-0.1, -0.05) is 17.7 Å². The van der Waals surface area contributed by atoms with E-state index in [1.54, 1.807) is 18.2 Å². The van der Waals surface area contributed by atoms with E-state index >= 15 is 0 Å². The van der Waals surface area contributed by atoms with Crippen LogP contribution in [0.2, 0.25) is 5.02 Å². The molecule has 0 fully saturated rings. The van der Waals surface area contributed by atoms with Gasteiger partial charge in [-0.2, -0.15) is 0 Å². The SMILES string of the molecule is C[C@@H](C(=O)NCCOc1ccc(F)cc1)N(c1cccc(Cl)c1)S(C)(=O)=O. The molecule has 0 saturated heterocycles. The summed E-state index contributed by atoms with van der Waals surface area (Å²) in [6.07, 6.45) is 1.02. The molecule has 0 aliphatic rings. The van der Waals surface area contributed by atoms with E-state index < -0.39 is 22.0 Å². The van der Waals surface area contributed by atoms with Crippen molar-refractivity contribution in [1.29, 1.82) is 0 Å². The Morgan fingerprint density at radius 3 is 2.52 bits per heavy atom. The molecule has 0 bridgehead atoms. The van der Waals surface area contributed by atoms with Crippen LogP contribution in [0.5, 0.6) is 5.75 Å². The third-order valence-electron chi connectivity index (χ3n) is 3.63. The van der Waals surface area contributed by atoms with Crippen molar-refractivity contribution in [1.82, 2.24) is 5.32 Å². The van der Waals surface area contributed by atoms with Gasteiger partial charge in [-0.25, -0.2) is 12.8 Å². The van der Waals surface area contributed by atoms with Crippen LogP contribution in [0.15, 0.2) is 48.5 Å². The summed E-state index contributed by atoms with van der Waals surface area (Å²) in [5.41, 5.74) is 0.301. The number of hydrogen-bond acceptors (Lipinski definition) is 4. The zero-order valence-corrected chi connectivity index (χ0v) is 16.4. The lowest BCUT2D eigenvalue weighted by molar-refractivity contribution is -0.121. The first-order valence-corrected chi connectivity index (χ1v) is 10.3. The average Bonchev–Trinajstić information content (AvgIpc) is 2.59. The molecule has 27 heavy (non-hydrogen) atoms. The molecule has 9 heteroatoms. The lowest BCUT2D eigenvalue weighted by Gasteiger charge is -2.28. The van der Waals surface area contributed by atoms with Crippen molar-refractivity contribution in [2.45, 2.75) is 13.0 Å². The number of sulfonamides is 1. The predicted octanol–water partition coefficient (Wildman–Crippen LogP) is 2.83. The quantitative estimate of drug-likeness (QED) is 0.674. The van der Waals surface area contributed by atoms with Gasteiger partial charge < -0.3 is 10.1 Å². The Bertz CT molecular complexity index is 890. The number of ether oxygens (including phenoxy) is 1. The van der Waals surface area contributed by atoms with E-state index in [-0.39, 0.29) is 19.0 Å². The summed E-state index contributed by atoms with van der Waals surface area (Å²) >= 11 is 5.93. The molecule has 0 saturated carbocycles. The van der Waals surface area contributed by atoms with Crippen molar-refractivity contribution in [2.24, 2.45) is 0 Å². The van der Waals surface area contributed by atoms with Gasteiger partial charge in [0.05, 0.1) is 18.5 Å². The molecule has 0 aromatic heterocycles. The number of carbonyl (C=O) groups is 1. The summed E-state index contributed by atoms with van der Waals surface area (Å²) in [6.45, 7) is 1.80. The van der Waals surface area contributed by atoms with Crippen LogP contribution in [0.1, 0.15) is 6.92 Å². The average molecular weight is 415 g/mol. The van der Waals surface area contributed by atoms with Crippen molar-refractivity contribution in [2.75, 3.05) is 23.7 Å². The van der Waals surface area contributed by atoms with E-state index in [0.717, 1.165) is 10.6 Å². The first-order chi connectivity index (χ1) is 12.7. The lowest BCUT2D eigenvalue weighted by atomic mass is 10.2. The minimum Gasteiger partial charge on any atom is -0.492 e. The minimum atomic E-state index is -3.71. The Labute approximate surface area is 162 Å². The highest BCUT2D eigenvalue weighted by Crippen LogP contribution is 2.24. The monoisotopic (exact) mass is 414 g/mol. The topological polar surface area (TPSA) is 75.7 Å². The first-order valence-electron chi connectivity index (χ1n) is 8.09.